The second kappa shape index (κ2) is 4.92. The van der Waals surface area contributed by atoms with Gasteiger partial charge in [0, 0.05) is 18.3 Å². The molecule has 0 aromatic heterocycles. The van der Waals surface area contributed by atoms with Crippen LogP contribution in [0.5, 0.6) is 5.75 Å². The summed E-state index contributed by atoms with van der Waals surface area (Å²) in [7, 11) is 1.62. The first-order chi connectivity index (χ1) is 8.11. The number of hydrogen-bond acceptors (Lipinski definition) is 3. The van der Waals surface area contributed by atoms with Crippen LogP contribution in [0.2, 0.25) is 0 Å². The van der Waals surface area contributed by atoms with E-state index in [1.807, 2.05) is 24.3 Å². The lowest BCUT2D eigenvalue weighted by atomic mass is 10.0. The number of hydrogen-bond donors (Lipinski definition) is 2. The predicted molar refractivity (Wildman–Crippen MR) is 67.1 cm³/mol. The maximum atomic E-state index is 14.2. The molecule has 1 fully saturated rings. The molecule has 1 aromatic rings. The Hall–Kier alpha value is -1.29. The van der Waals surface area contributed by atoms with Crippen LogP contribution in [0.4, 0.5) is 10.1 Å². The van der Waals surface area contributed by atoms with Gasteiger partial charge in [-0.05, 0) is 43.5 Å². The maximum Gasteiger partial charge on any atom is 0.129 e. The Bertz CT molecular complexity index is 368. The number of nitrogens with two attached hydrogens (primary N) is 1. The molecule has 0 radical (unpaired) electrons. The van der Waals surface area contributed by atoms with Crippen molar-refractivity contribution >= 4 is 5.69 Å². The summed E-state index contributed by atoms with van der Waals surface area (Å²) < 4.78 is 19.3. The Labute approximate surface area is 101 Å². The highest BCUT2D eigenvalue weighted by Gasteiger charge is 2.37. The molecule has 0 heterocycles. The fourth-order valence-electron chi connectivity index (χ4n) is 2.25. The second-order valence-electron chi connectivity index (χ2n) is 4.74. The lowest BCUT2D eigenvalue weighted by Crippen LogP contribution is -2.31. The number of nitrogens with one attached hydrogen (secondary N) is 1. The third-order valence-corrected chi connectivity index (χ3v) is 3.29. The summed E-state index contributed by atoms with van der Waals surface area (Å²) in [6, 6.07) is 7.49. The highest BCUT2D eigenvalue weighted by Crippen LogP contribution is 2.33. The van der Waals surface area contributed by atoms with Gasteiger partial charge in [0.15, 0.2) is 0 Å². The van der Waals surface area contributed by atoms with Crippen molar-refractivity contribution in [3.05, 3.63) is 24.3 Å². The van der Waals surface area contributed by atoms with E-state index in [2.05, 4.69) is 5.32 Å². The van der Waals surface area contributed by atoms with Crippen LogP contribution in [0.15, 0.2) is 24.3 Å². The molecule has 0 amide bonds. The lowest BCUT2D eigenvalue weighted by molar-refractivity contribution is 0.187. The summed E-state index contributed by atoms with van der Waals surface area (Å²) >= 11 is 0. The van der Waals surface area contributed by atoms with Crippen LogP contribution in [0.1, 0.15) is 19.3 Å². The minimum atomic E-state index is -1.15. The Kier molecular flexibility index (Phi) is 3.52. The van der Waals surface area contributed by atoms with Crippen LogP contribution >= 0.6 is 0 Å². The van der Waals surface area contributed by atoms with Crippen molar-refractivity contribution in [2.45, 2.75) is 31.0 Å². The van der Waals surface area contributed by atoms with E-state index < -0.39 is 5.67 Å². The van der Waals surface area contributed by atoms with E-state index in [1.165, 1.54) is 0 Å². The summed E-state index contributed by atoms with van der Waals surface area (Å²) in [4.78, 5) is 0. The van der Waals surface area contributed by atoms with Crippen molar-refractivity contribution in [3.8, 4) is 5.75 Å². The van der Waals surface area contributed by atoms with Gasteiger partial charge in [-0.25, -0.2) is 4.39 Å². The molecule has 0 aliphatic heterocycles. The summed E-state index contributed by atoms with van der Waals surface area (Å²) in [5, 5.41) is 3.11. The Morgan fingerprint density at radius 3 is 2.71 bits per heavy atom. The van der Waals surface area contributed by atoms with Crippen LogP contribution in [-0.4, -0.2) is 25.4 Å². The maximum absolute atomic E-state index is 14.2. The molecule has 3 nitrogen and oxygen atoms in total. The Morgan fingerprint density at radius 1 is 1.47 bits per heavy atom. The van der Waals surface area contributed by atoms with Gasteiger partial charge in [0.2, 0.25) is 0 Å². The molecule has 94 valence electrons. The molecule has 1 aliphatic carbocycles. The molecular weight excluding hydrogens is 219 g/mol. The minimum absolute atomic E-state index is 0.0117. The van der Waals surface area contributed by atoms with Gasteiger partial charge in [-0.2, -0.15) is 0 Å². The normalized spacial score (nSPS) is 28.1. The monoisotopic (exact) mass is 238 g/mol. The third-order valence-electron chi connectivity index (χ3n) is 3.29. The van der Waals surface area contributed by atoms with Crippen LogP contribution in [0.25, 0.3) is 0 Å². The molecule has 0 saturated heterocycles. The van der Waals surface area contributed by atoms with Crippen LogP contribution < -0.4 is 15.8 Å². The highest BCUT2D eigenvalue weighted by atomic mass is 19.1. The van der Waals surface area contributed by atoms with E-state index >= 15 is 0 Å². The van der Waals surface area contributed by atoms with Crippen molar-refractivity contribution in [2.75, 3.05) is 19.0 Å². The smallest absolute Gasteiger partial charge is 0.129 e. The zero-order chi connectivity index (χ0) is 12.3. The number of benzene rings is 1. The molecular formula is C13H19FN2O. The zero-order valence-corrected chi connectivity index (χ0v) is 10.1. The van der Waals surface area contributed by atoms with E-state index in [1.54, 1.807) is 7.11 Å². The van der Waals surface area contributed by atoms with Gasteiger partial charge >= 0.3 is 0 Å². The van der Waals surface area contributed by atoms with Crippen molar-refractivity contribution < 1.29 is 9.13 Å². The van der Waals surface area contributed by atoms with Crippen LogP contribution in [0, 0.1) is 0 Å². The molecule has 2 unspecified atom stereocenters. The molecule has 1 saturated carbocycles. The summed E-state index contributed by atoms with van der Waals surface area (Å²) in [5.41, 5.74) is 5.49. The van der Waals surface area contributed by atoms with Crippen molar-refractivity contribution in [3.63, 3.8) is 0 Å². The molecule has 3 N–H and O–H groups in total. The minimum Gasteiger partial charge on any atom is -0.497 e. The van der Waals surface area contributed by atoms with E-state index in [0.717, 1.165) is 17.9 Å². The van der Waals surface area contributed by atoms with Gasteiger partial charge in [-0.3, -0.25) is 0 Å². The molecule has 2 rings (SSSR count). The topological polar surface area (TPSA) is 47.3 Å². The summed E-state index contributed by atoms with van der Waals surface area (Å²) in [6.45, 7) is 0.326. The molecule has 17 heavy (non-hydrogen) atoms. The van der Waals surface area contributed by atoms with Gasteiger partial charge < -0.3 is 15.8 Å². The van der Waals surface area contributed by atoms with E-state index in [4.69, 9.17) is 10.5 Å². The largest absolute Gasteiger partial charge is 0.497 e. The first-order valence-corrected chi connectivity index (χ1v) is 5.94. The van der Waals surface area contributed by atoms with Crippen molar-refractivity contribution in [1.82, 2.24) is 0 Å². The molecule has 1 aromatic carbocycles. The number of methoxy groups -OCH3 is 1. The van der Waals surface area contributed by atoms with Crippen LogP contribution in [0.3, 0.4) is 0 Å². The summed E-state index contributed by atoms with van der Waals surface area (Å²) in [6.07, 6.45) is 1.79. The van der Waals surface area contributed by atoms with Crippen molar-refractivity contribution in [1.29, 1.82) is 0 Å². The Morgan fingerprint density at radius 2 is 2.18 bits per heavy atom. The van der Waals surface area contributed by atoms with Gasteiger partial charge in [-0.15, -0.1) is 0 Å². The van der Waals surface area contributed by atoms with Gasteiger partial charge in [0.05, 0.1) is 7.11 Å². The molecule has 0 spiro atoms. The number of anilines is 1. The van der Waals surface area contributed by atoms with E-state index in [9.17, 15) is 4.39 Å². The first-order valence-electron chi connectivity index (χ1n) is 5.94. The Balaban J connectivity index is 1.89. The molecule has 1 aliphatic rings. The average molecular weight is 238 g/mol. The molecule has 2 atom stereocenters. The summed E-state index contributed by atoms with van der Waals surface area (Å²) in [5.74, 6) is 0.799. The molecule has 4 heteroatoms. The first kappa shape index (κ1) is 12.2. The quantitative estimate of drug-likeness (QED) is 0.846. The number of halogens is 1. The molecule has 0 bridgehead atoms. The number of rotatable bonds is 4. The van der Waals surface area contributed by atoms with Gasteiger partial charge in [0.1, 0.15) is 11.4 Å². The standard InChI is InChI=1S/C13H19FN2O/c1-17-12-4-2-11(3-5-12)16-9-13(14)7-6-10(15)8-13/h2-5,10,16H,6-9,15H2,1H3. The number of ether oxygens (including phenoxy) is 1. The predicted octanol–water partition coefficient (Wildman–Crippen LogP) is 2.33. The van der Waals surface area contributed by atoms with E-state index in [-0.39, 0.29) is 6.04 Å². The third kappa shape index (κ3) is 3.09. The fraction of sp³-hybridized carbons (Fsp3) is 0.538. The van der Waals surface area contributed by atoms with Gasteiger partial charge in [-0.1, -0.05) is 0 Å². The lowest BCUT2D eigenvalue weighted by Gasteiger charge is -2.20. The van der Waals surface area contributed by atoms with Crippen LogP contribution in [-0.2, 0) is 0 Å². The van der Waals surface area contributed by atoms with E-state index in [0.29, 0.717) is 19.4 Å². The van der Waals surface area contributed by atoms with Crippen molar-refractivity contribution in [2.24, 2.45) is 5.73 Å². The zero-order valence-electron chi connectivity index (χ0n) is 10.1. The fourth-order valence-corrected chi connectivity index (χ4v) is 2.25. The second-order valence-corrected chi connectivity index (χ2v) is 4.74. The number of alkyl halides is 1. The highest BCUT2D eigenvalue weighted by molar-refractivity contribution is 5.46. The average Bonchev–Trinajstić information content (AvgIpc) is 2.68. The van der Waals surface area contributed by atoms with Gasteiger partial charge in [0.25, 0.3) is 0 Å². The SMILES string of the molecule is COc1ccc(NCC2(F)CCC(N)C2)cc1.